The minimum atomic E-state index is 0.207. The van der Waals surface area contributed by atoms with Crippen LogP contribution in [-0.4, -0.2) is 6.79 Å². The summed E-state index contributed by atoms with van der Waals surface area (Å²) >= 11 is 3.43. The smallest absolute Gasteiger partial charge is 0.289 e. The number of nitrogens with two attached hydrogens (primary N) is 1. The first-order valence-corrected chi connectivity index (χ1v) is 8.37. The van der Waals surface area contributed by atoms with Crippen LogP contribution in [0.4, 0.5) is 5.82 Å². The van der Waals surface area contributed by atoms with Crippen LogP contribution in [0.2, 0.25) is 0 Å². The highest BCUT2D eigenvalue weighted by Gasteiger charge is 2.20. The Morgan fingerprint density at radius 1 is 1.00 bits per heavy atom. The maximum absolute atomic E-state index is 9.54. The van der Waals surface area contributed by atoms with Gasteiger partial charge in [0.1, 0.15) is 17.3 Å². The van der Waals surface area contributed by atoms with Crippen LogP contribution in [0.15, 0.2) is 53.0 Å². The van der Waals surface area contributed by atoms with Crippen LogP contribution in [0.3, 0.4) is 0 Å². The summed E-state index contributed by atoms with van der Waals surface area (Å²) < 4.78 is 11.8. The van der Waals surface area contributed by atoms with Crippen molar-refractivity contribution in [3.63, 3.8) is 0 Å². The average Bonchev–Trinajstić information content (AvgIpc) is 3.09. The molecule has 0 aliphatic carbocycles. The minimum absolute atomic E-state index is 0.207. The van der Waals surface area contributed by atoms with Crippen molar-refractivity contribution in [2.24, 2.45) is 0 Å². The molecular formula is C19H13BrN3O2+. The predicted molar refractivity (Wildman–Crippen MR) is 96.8 cm³/mol. The van der Waals surface area contributed by atoms with Crippen molar-refractivity contribution in [2.75, 3.05) is 12.5 Å². The molecule has 0 radical (unpaired) electrons. The molecule has 25 heavy (non-hydrogen) atoms. The van der Waals surface area contributed by atoms with E-state index in [0.717, 1.165) is 26.9 Å². The van der Waals surface area contributed by atoms with Crippen LogP contribution >= 0.6 is 15.9 Å². The van der Waals surface area contributed by atoms with Crippen molar-refractivity contribution in [3.8, 4) is 40.0 Å². The molecule has 0 bridgehead atoms. The lowest BCUT2D eigenvalue weighted by Gasteiger charge is -2.08. The first-order chi connectivity index (χ1) is 12.2. The number of nitrogens with one attached hydrogen (secondary N) is 1. The summed E-state index contributed by atoms with van der Waals surface area (Å²) in [5.74, 6) is 1.69. The Balaban J connectivity index is 1.89. The number of anilines is 1. The molecule has 0 atom stereocenters. The van der Waals surface area contributed by atoms with Crippen LogP contribution in [0.1, 0.15) is 5.56 Å². The highest BCUT2D eigenvalue weighted by atomic mass is 79.9. The van der Waals surface area contributed by atoms with Gasteiger partial charge in [-0.15, -0.1) is 0 Å². The summed E-state index contributed by atoms with van der Waals surface area (Å²) in [5.41, 5.74) is 9.91. The molecule has 0 saturated heterocycles. The van der Waals surface area contributed by atoms with Gasteiger partial charge in [0, 0.05) is 15.6 Å². The third-order valence-electron chi connectivity index (χ3n) is 4.05. The van der Waals surface area contributed by atoms with Gasteiger partial charge in [-0.05, 0) is 48.0 Å². The number of hydrogen-bond acceptors (Lipinski definition) is 4. The van der Waals surface area contributed by atoms with Crippen molar-refractivity contribution >= 4 is 21.7 Å². The van der Waals surface area contributed by atoms with E-state index in [0.29, 0.717) is 22.9 Å². The Bertz CT molecular complexity index is 1010. The van der Waals surface area contributed by atoms with Gasteiger partial charge in [0.15, 0.2) is 11.5 Å². The topological polar surface area (TPSA) is 82.4 Å². The molecule has 6 heteroatoms. The zero-order valence-electron chi connectivity index (χ0n) is 13.0. The fourth-order valence-electron chi connectivity index (χ4n) is 2.80. The minimum Gasteiger partial charge on any atom is -0.454 e. The average molecular weight is 395 g/mol. The van der Waals surface area contributed by atoms with Crippen molar-refractivity contribution in [3.05, 3.63) is 58.6 Å². The van der Waals surface area contributed by atoms with E-state index in [-0.39, 0.29) is 6.79 Å². The highest BCUT2D eigenvalue weighted by molar-refractivity contribution is 9.10. The van der Waals surface area contributed by atoms with Crippen molar-refractivity contribution in [2.45, 2.75) is 0 Å². The van der Waals surface area contributed by atoms with E-state index in [9.17, 15) is 5.26 Å². The lowest BCUT2D eigenvalue weighted by atomic mass is 9.98. The molecule has 0 unspecified atom stereocenters. The second-order valence-electron chi connectivity index (χ2n) is 5.57. The summed E-state index contributed by atoms with van der Waals surface area (Å²) in [6.07, 6.45) is 0. The molecule has 1 aliphatic heterocycles. The number of benzene rings is 2. The molecule has 0 spiro atoms. The lowest BCUT2D eigenvalue weighted by Crippen LogP contribution is -2.16. The van der Waals surface area contributed by atoms with Gasteiger partial charge >= 0.3 is 0 Å². The normalized spacial score (nSPS) is 12.0. The van der Waals surface area contributed by atoms with Crippen LogP contribution < -0.4 is 20.2 Å². The number of halogens is 1. The Kier molecular flexibility index (Phi) is 3.79. The van der Waals surface area contributed by atoms with E-state index in [2.05, 4.69) is 27.0 Å². The van der Waals surface area contributed by atoms with Gasteiger partial charge in [-0.3, -0.25) is 5.73 Å². The number of rotatable bonds is 2. The molecule has 3 N–H and O–H groups in total. The van der Waals surface area contributed by atoms with Crippen molar-refractivity contribution < 1.29 is 14.5 Å². The van der Waals surface area contributed by atoms with Gasteiger partial charge in [0.25, 0.3) is 5.82 Å². The fraction of sp³-hybridized carbons (Fsp3) is 0.0526. The molecule has 5 nitrogen and oxygen atoms in total. The summed E-state index contributed by atoms with van der Waals surface area (Å²) in [6, 6.07) is 17.6. The molecule has 4 rings (SSSR count). The monoisotopic (exact) mass is 394 g/mol. The van der Waals surface area contributed by atoms with Crippen LogP contribution in [0.25, 0.3) is 22.4 Å². The van der Waals surface area contributed by atoms with Gasteiger partial charge in [0.2, 0.25) is 6.79 Å². The fourth-order valence-corrected chi connectivity index (χ4v) is 3.07. The van der Waals surface area contributed by atoms with Crippen LogP contribution in [0, 0.1) is 11.3 Å². The number of nitriles is 1. The van der Waals surface area contributed by atoms with E-state index >= 15 is 0 Å². The second kappa shape index (κ2) is 6.11. The van der Waals surface area contributed by atoms with Gasteiger partial charge < -0.3 is 9.47 Å². The summed E-state index contributed by atoms with van der Waals surface area (Å²) in [5, 5.41) is 9.54. The molecular weight excluding hydrogens is 382 g/mol. The van der Waals surface area contributed by atoms with E-state index in [1.54, 1.807) is 0 Å². The predicted octanol–water partition coefficient (Wildman–Crippen LogP) is 3.78. The number of fused-ring (bicyclic) bond motifs is 1. The standard InChI is InChI=1S/C19H12BrN3O2/c20-13-4-1-11(2-5-13)16-8-14(15(9-21)19(22)23-16)12-3-6-17-18(7-12)25-10-24-17/h1-8H,10H2,(H2,22,23)/p+1. The molecule has 1 aliphatic rings. The molecule has 2 heterocycles. The van der Waals surface area contributed by atoms with Crippen molar-refractivity contribution in [1.82, 2.24) is 0 Å². The second-order valence-corrected chi connectivity index (χ2v) is 6.49. The van der Waals surface area contributed by atoms with Crippen LogP contribution in [-0.2, 0) is 0 Å². The molecule has 0 fully saturated rings. The zero-order chi connectivity index (χ0) is 17.4. The maximum Gasteiger partial charge on any atom is 0.289 e. The highest BCUT2D eigenvalue weighted by Crippen LogP contribution is 2.38. The van der Waals surface area contributed by atoms with Gasteiger partial charge in [-0.1, -0.05) is 22.0 Å². The summed E-state index contributed by atoms with van der Waals surface area (Å²) in [7, 11) is 0. The summed E-state index contributed by atoms with van der Waals surface area (Å²) in [4.78, 5) is 3.11. The van der Waals surface area contributed by atoms with Crippen LogP contribution in [0.5, 0.6) is 11.5 Å². The molecule has 0 saturated carbocycles. The number of pyridine rings is 1. The number of nitrogen functional groups attached to an aromatic ring is 1. The SMILES string of the molecule is N#Cc1c(-c2ccc3c(c2)OCO3)cc(-c2ccc(Br)cc2)[nH+]c1N. The maximum atomic E-state index is 9.54. The number of aromatic amines is 1. The van der Waals surface area contributed by atoms with E-state index in [1.807, 2.05) is 48.5 Å². The number of hydrogen-bond donors (Lipinski definition) is 1. The number of aromatic nitrogens is 1. The van der Waals surface area contributed by atoms with E-state index in [1.165, 1.54) is 0 Å². The zero-order valence-corrected chi connectivity index (χ0v) is 14.6. The molecule has 3 aromatic rings. The van der Waals surface area contributed by atoms with Crippen molar-refractivity contribution in [1.29, 1.82) is 5.26 Å². The summed E-state index contributed by atoms with van der Waals surface area (Å²) in [6.45, 7) is 0.207. The quantitative estimate of drug-likeness (QED) is 0.716. The Labute approximate surface area is 152 Å². The molecule has 0 amide bonds. The molecule has 122 valence electrons. The molecule has 2 aromatic carbocycles. The van der Waals surface area contributed by atoms with Gasteiger partial charge in [0.05, 0.1) is 0 Å². The first kappa shape index (κ1) is 15.5. The number of nitrogens with zero attached hydrogens (tertiary/aromatic N) is 1. The Morgan fingerprint density at radius 2 is 1.72 bits per heavy atom. The first-order valence-electron chi connectivity index (χ1n) is 7.57. The largest absolute Gasteiger partial charge is 0.454 e. The third-order valence-corrected chi connectivity index (χ3v) is 4.58. The van der Waals surface area contributed by atoms with E-state index < -0.39 is 0 Å². The Morgan fingerprint density at radius 3 is 2.48 bits per heavy atom. The van der Waals surface area contributed by atoms with E-state index in [4.69, 9.17) is 15.2 Å². The third kappa shape index (κ3) is 2.79. The lowest BCUT2D eigenvalue weighted by molar-refractivity contribution is -0.346. The Hall–Kier alpha value is -3.04. The molecule has 1 aromatic heterocycles. The number of ether oxygens (including phenoxy) is 2. The van der Waals surface area contributed by atoms with Gasteiger partial charge in [-0.2, -0.15) is 5.26 Å². The number of H-pyrrole nitrogens is 1. The van der Waals surface area contributed by atoms with Gasteiger partial charge in [-0.25, -0.2) is 4.98 Å².